The molecule has 1 aromatic heterocycles. The molecule has 1 aliphatic heterocycles. The lowest BCUT2D eigenvalue weighted by atomic mass is 10.0. The predicted molar refractivity (Wildman–Crippen MR) is 81.9 cm³/mol. The van der Waals surface area contributed by atoms with Crippen molar-refractivity contribution in [1.29, 1.82) is 0 Å². The molecule has 1 fully saturated rings. The number of benzene rings is 1. The molecule has 7 heteroatoms. The third-order valence-electron chi connectivity index (χ3n) is 3.88. The first-order valence-electron chi connectivity index (χ1n) is 7.12. The SMILES string of the molecule is Cc1cnc(C(=O)N2CCNCC2)c2cccc([N+](=O)[O-])c12. The first-order valence-corrected chi connectivity index (χ1v) is 7.12. The molecule has 0 spiro atoms. The summed E-state index contributed by atoms with van der Waals surface area (Å²) in [7, 11) is 0. The summed E-state index contributed by atoms with van der Waals surface area (Å²) in [5.41, 5.74) is 0.983. The second kappa shape index (κ2) is 5.69. The number of nitro groups is 1. The summed E-state index contributed by atoms with van der Waals surface area (Å²) in [6.45, 7) is 4.49. The number of hydrogen-bond donors (Lipinski definition) is 1. The van der Waals surface area contributed by atoms with Gasteiger partial charge in [0.15, 0.2) is 0 Å². The lowest BCUT2D eigenvalue weighted by molar-refractivity contribution is -0.383. The maximum atomic E-state index is 12.7. The normalized spacial score (nSPS) is 15.0. The first kappa shape index (κ1) is 14.4. The molecule has 0 saturated carbocycles. The molecule has 0 bridgehead atoms. The Kier molecular flexibility index (Phi) is 3.72. The molecule has 1 N–H and O–H groups in total. The highest BCUT2D eigenvalue weighted by Gasteiger charge is 2.24. The zero-order valence-corrected chi connectivity index (χ0v) is 12.2. The van der Waals surface area contributed by atoms with E-state index in [0.29, 0.717) is 29.4 Å². The minimum Gasteiger partial charge on any atom is -0.335 e. The summed E-state index contributed by atoms with van der Waals surface area (Å²) >= 11 is 0. The number of carbonyl (C=O) groups excluding carboxylic acids is 1. The molecule has 0 unspecified atom stereocenters. The summed E-state index contributed by atoms with van der Waals surface area (Å²) in [5.74, 6) is -0.174. The molecule has 0 aliphatic carbocycles. The van der Waals surface area contributed by atoms with Crippen LogP contribution < -0.4 is 5.32 Å². The van der Waals surface area contributed by atoms with Crippen LogP contribution >= 0.6 is 0 Å². The number of fused-ring (bicyclic) bond motifs is 1. The van der Waals surface area contributed by atoms with Crippen LogP contribution in [0.3, 0.4) is 0 Å². The monoisotopic (exact) mass is 300 g/mol. The van der Waals surface area contributed by atoms with Crippen LogP contribution in [-0.4, -0.2) is 46.9 Å². The van der Waals surface area contributed by atoms with Crippen molar-refractivity contribution in [3.05, 3.63) is 45.8 Å². The topological polar surface area (TPSA) is 88.4 Å². The highest BCUT2D eigenvalue weighted by Crippen LogP contribution is 2.30. The number of non-ortho nitro benzene ring substituents is 1. The predicted octanol–water partition coefficient (Wildman–Crippen LogP) is 1.50. The Morgan fingerprint density at radius 3 is 2.77 bits per heavy atom. The van der Waals surface area contributed by atoms with E-state index in [4.69, 9.17) is 0 Å². The van der Waals surface area contributed by atoms with Gasteiger partial charge in [-0.1, -0.05) is 12.1 Å². The Balaban J connectivity index is 2.15. The number of nitrogens with zero attached hydrogens (tertiary/aromatic N) is 3. The van der Waals surface area contributed by atoms with Crippen LogP contribution in [0.25, 0.3) is 10.8 Å². The number of nitrogens with one attached hydrogen (secondary N) is 1. The van der Waals surface area contributed by atoms with E-state index in [1.807, 2.05) is 0 Å². The Bertz CT molecular complexity index is 754. The van der Waals surface area contributed by atoms with Crippen LogP contribution in [0, 0.1) is 17.0 Å². The summed E-state index contributed by atoms with van der Waals surface area (Å²) < 4.78 is 0. The molecule has 1 aliphatic rings. The van der Waals surface area contributed by atoms with Gasteiger partial charge in [0.25, 0.3) is 11.6 Å². The molecule has 0 atom stereocenters. The third kappa shape index (κ3) is 2.39. The lowest BCUT2D eigenvalue weighted by Gasteiger charge is -2.27. The van der Waals surface area contributed by atoms with E-state index in [2.05, 4.69) is 10.3 Å². The molecule has 22 heavy (non-hydrogen) atoms. The van der Waals surface area contributed by atoms with E-state index in [0.717, 1.165) is 13.1 Å². The largest absolute Gasteiger partial charge is 0.335 e. The standard InChI is InChI=1S/C15H16N4O3/c1-10-9-17-14(15(20)18-7-5-16-6-8-18)11-3-2-4-12(13(10)11)19(21)22/h2-4,9,16H,5-8H2,1H3. The lowest BCUT2D eigenvalue weighted by Crippen LogP contribution is -2.46. The van der Waals surface area contributed by atoms with Crippen LogP contribution in [0.2, 0.25) is 0 Å². The number of amides is 1. The zero-order chi connectivity index (χ0) is 15.7. The Labute approximate surface area is 127 Å². The molecule has 2 aromatic rings. The molecule has 2 heterocycles. The van der Waals surface area contributed by atoms with Crippen molar-refractivity contribution >= 4 is 22.4 Å². The van der Waals surface area contributed by atoms with Gasteiger partial charge in [0.1, 0.15) is 5.69 Å². The minimum atomic E-state index is -0.422. The van der Waals surface area contributed by atoms with Crippen molar-refractivity contribution < 1.29 is 9.72 Å². The van der Waals surface area contributed by atoms with Crippen molar-refractivity contribution in [2.24, 2.45) is 0 Å². The first-order chi connectivity index (χ1) is 10.6. The number of rotatable bonds is 2. The van der Waals surface area contributed by atoms with Gasteiger partial charge >= 0.3 is 0 Å². The van der Waals surface area contributed by atoms with Gasteiger partial charge in [-0.05, 0) is 12.5 Å². The smallest absolute Gasteiger partial charge is 0.277 e. The molecule has 0 radical (unpaired) electrons. The average molecular weight is 300 g/mol. The second-order valence-corrected chi connectivity index (χ2v) is 5.29. The number of nitro benzene ring substituents is 1. The summed E-state index contributed by atoms with van der Waals surface area (Å²) in [5, 5.41) is 15.4. The van der Waals surface area contributed by atoms with Crippen molar-refractivity contribution in [2.45, 2.75) is 6.92 Å². The van der Waals surface area contributed by atoms with Crippen LogP contribution in [0.15, 0.2) is 24.4 Å². The quantitative estimate of drug-likeness (QED) is 0.670. The van der Waals surface area contributed by atoms with Crippen LogP contribution in [0.4, 0.5) is 5.69 Å². The zero-order valence-electron chi connectivity index (χ0n) is 12.2. The second-order valence-electron chi connectivity index (χ2n) is 5.29. The van der Waals surface area contributed by atoms with Gasteiger partial charge in [0, 0.05) is 43.8 Å². The van der Waals surface area contributed by atoms with E-state index in [-0.39, 0.29) is 17.3 Å². The van der Waals surface area contributed by atoms with Gasteiger partial charge in [-0.25, -0.2) is 0 Å². The number of aromatic nitrogens is 1. The van der Waals surface area contributed by atoms with Crippen LogP contribution in [0.1, 0.15) is 16.1 Å². The van der Waals surface area contributed by atoms with Crippen molar-refractivity contribution in [1.82, 2.24) is 15.2 Å². The summed E-state index contributed by atoms with van der Waals surface area (Å²) in [6.07, 6.45) is 1.53. The Morgan fingerprint density at radius 1 is 1.36 bits per heavy atom. The molecular weight excluding hydrogens is 284 g/mol. The molecule has 7 nitrogen and oxygen atoms in total. The minimum absolute atomic E-state index is 0.00626. The highest BCUT2D eigenvalue weighted by atomic mass is 16.6. The molecule has 1 saturated heterocycles. The van der Waals surface area contributed by atoms with Crippen molar-refractivity contribution in [3.63, 3.8) is 0 Å². The van der Waals surface area contributed by atoms with E-state index in [1.54, 1.807) is 24.0 Å². The number of pyridine rings is 1. The number of hydrogen-bond acceptors (Lipinski definition) is 5. The van der Waals surface area contributed by atoms with Gasteiger partial charge < -0.3 is 10.2 Å². The Morgan fingerprint density at radius 2 is 2.09 bits per heavy atom. The fraction of sp³-hybridized carbons (Fsp3) is 0.333. The van der Waals surface area contributed by atoms with E-state index < -0.39 is 4.92 Å². The fourth-order valence-electron chi connectivity index (χ4n) is 2.79. The van der Waals surface area contributed by atoms with E-state index in [1.165, 1.54) is 12.3 Å². The number of piperazine rings is 1. The van der Waals surface area contributed by atoms with Gasteiger partial charge in [-0.2, -0.15) is 0 Å². The van der Waals surface area contributed by atoms with Gasteiger partial charge in [-0.15, -0.1) is 0 Å². The van der Waals surface area contributed by atoms with Crippen LogP contribution in [0.5, 0.6) is 0 Å². The van der Waals surface area contributed by atoms with Crippen molar-refractivity contribution in [3.8, 4) is 0 Å². The molecule has 1 aromatic carbocycles. The van der Waals surface area contributed by atoms with Crippen molar-refractivity contribution in [2.75, 3.05) is 26.2 Å². The molecule has 114 valence electrons. The molecule has 1 amide bonds. The average Bonchev–Trinajstić information content (AvgIpc) is 2.55. The maximum absolute atomic E-state index is 12.7. The molecule has 3 rings (SSSR count). The highest BCUT2D eigenvalue weighted by molar-refractivity contribution is 6.08. The van der Waals surface area contributed by atoms with Gasteiger partial charge in [0.05, 0.1) is 10.3 Å². The van der Waals surface area contributed by atoms with Crippen LogP contribution in [-0.2, 0) is 0 Å². The Hall–Kier alpha value is -2.54. The maximum Gasteiger partial charge on any atom is 0.277 e. The van der Waals surface area contributed by atoms with E-state index >= 15 is 0 Å². The number of carbonyl (C=O) groups is 1. The van der Waals surface area contributed by atoms with Gasteiger partial charge in [0.2, 0.25) is 0 Å². The van der Waals surface area contributed by atoms with E-state index in [9.17, 15) is 14.9 Å². The number of aryl methyl sites for hydroxylation is 1. The fourth-order valence-corrected chi connectivity index (χ4v) is 2.79. The third-order valence-corrected chi connectivity index (χ3v) is 3.88. The summed E-state index contributed by atoms with van der Waals surface area (Å²) in [6, 6.07) is 4.77. The molecular formula is C15H16N4O3. The summed E-state index contributed by atoms with van der Waals surface area (Å²) in [4.78, 5) is 29.5. The van der Waals surface area contributed by atoms with Gasteiger partial charge in [-0.3, -0.25) is 19.9 Å².